The smallest absolute Gasteiger partial charge is 0.214 e. The molecule has 2 aromatic rings. The van der Waals surface area contributed by atoms with Gasteiger partial charge in [-0.05, 0) is 12.2 Å². The maximum Gasteiger partial charge on any atom is 0.214 e. The van der Waals surface area contributed by atoms with Crippen molar-refractivity contribution >= 4 is 24.6 Å². The largest absolute Gasteiger partial charge is 0.335 e. The highest BCUT2D eigenvalue weighted by molar-refractivity contribution is 7.71. The molecular formula is C8H9ClN4S. The molecule has 14 heavy (non-hydrogen) atoms. The Morgan fingerprint density at radius 3 is 2.43 bits per heavy atom. The molecule has 1 aromatic carbocycles. The number of nitrogens with zero attached hydrogens (tertiary/aromatic N) is 2. The molecule has 0 unspecified atom stereocenters. The van der Waals surface area contributed by atoms with Crippen LogP contribution >= 0.6 is 24.6 Å². The van der Waals surface area contributed by atoms with E-state index in [2.05, 4.69) is 10.2 Å². The van der Waals surface area contributed by atoms with E-state index in [9.17, 15) is 0 Å². The number of aromatic amines is 1. The normalized spacial score (nSPS) is 9.43. The fourth-order valence-electron chi connectivity index (χ4n) is 1.10. The number of hydrogen-bond acceptors (Lipinski definition) is 3. The quantitative estimate of drug-likeness (QED) is 0.578. The lowest BCUT2D eigenvalue weighted by Crippen LogP contribution is -2.09. The van der Waals surface area contributed by atoms with E-state index < -0.39 is 0 Å². The molecule has 0 bridgehead atoms. The predicted octanol–water partition coefficient (Wildman–Crippen LogP) is 1.74. The number of nitrogens with one attached hydrogen (secondary N) is 1. The molecule has 0 aliphatic carbocycles. The van der Waals surface area contributed by atoms with Gasteiger partial charge in [-0.3, -0.25) is 0 Å². The van der Waals surface area contributed by atoms with Gasteiger partial charge in [0.15, 0.2) is 5.82 Å². The molecule has 0 radical (unpaired) electrons. The second-order valence-corrected chi connectivity index (χ2v) is 2.98. The molecule has 0 amide bonds. The van der Waals surface area contributed by atoms with Crippen LogP contribution in [0.2, 0.25) is 0 Å². The molecule has 2 rings (SSSR count). The molecule has 0 aliphatic heterocycles. The number of benzene rings is 1. The molecule has 6 heteroatoms. The SMILES string of the molecule is Cl.Nn1c(-c2ccccc2)n[nH]c1=S. The number of nitrogens with two attached hydrogens (primary N) is 1. The lowest BCUT2D eigenvalue weighted by Gasteiger charge is -1.98. The van der Waals surface area contributed by atoms with Crippen molar-refractivity contribution < 1.29 is 0 Å². The Hall–Kier alpha value is -1.33. The Morgan fingerprint density at radius 1 is 1.29 bits per heavy atom. The van der Waals surface area contributed by atoms with Gasteiger partial charge in [-0.2, -0.15) is 5.10 Å². The number of nitrogen functional groups attached to an aromatic ring is 1. The summed E-state index contributed by atoms with van der Waals surface area (Å²) < 4.78 is 1.77. The first-order valence-corrected chi connectivity index (χ1v) is 4.18. The summed E-state index contributed by atoms with van der Waals surface area (Å²) in [5.41, 5.74) is 0.942. The van der Waals surface area contributed by atoms with E-state index in [1.54, 1.807) is 0 Å². The Bertz CT molecular complexity index is 462. The van der Waals surface area contributed by atoms with E-state index in [1.165, 1.54) is 4.68 Å². The summed E-state index contributed by atoms with van der Waals surface area (Å²) in [4.78, 5) is 0. The molecule has 4 nitrogen and oxygen atoms in total. The summed E-state index contributed by atoms with van der Waals surface area (Å²) in [6.07, 6.45) is 0. The Kier molecular flexibility index (Phi) is 3.27. The zero-order valence-corrected chi connectivity index (χ0v) is 8.81. The minimum Gasteiger partial charge on any atom is -0.335 e. The van der Waals surface area contributed by atoms with Crippen molar-refractivity contribution in [2.75, 3.05) is 5.84 Å². The summed E-state index contributed by atoms with van der Waals surface area (Å²) in [6.45, 7) is 0. The first-order chi connectivity index (χ1) is 6.29. The highest BCUT2D eigenvalue weighted by atomic mass is 35.5. The average molecular weight is 229 g/mol. The van der Waals surface area contributed by atoms with Crippen LogP contribution in [-0.4, -0.2) is 14.9 Å². The van der Waals surface area contributed by atoms with Gasteiger partial charge in [0.2, 0.25) is 4.77 Å². The van der Waals surface area contributed by atoms with Crippen LogP contribution in [-0.2, 0) is 0 Å². The van der Waals surface area contributed by atoms with Crippen molar-refractivity contribution in [3.05, 3.63) is 35.1 Å². The number of aromatic nitrogens is 3. The molecule has 3 N–H and O–H groups in total. The third-order valence-corrected chi connectivity index (χ3v) is 2.02. The lowest BCUT2D eigenvalue weighted by atomic mass is 10.2. The molecule has 0 atom stereocenters. The van der Waals surface area contributed by atoms with Crippen LogP contribution < -0.4 is 5.84 Å². The molecule has 74 valence electrons. The molecule has 0 spiro atoms. The second kappa shape index (κ2) is 4.26. The zero-order valence-electron chi connectivity index (χ0n) is 7.18. The summed E-state index contributed by atoms with van der Waals surface area (Å²) in [6, 6.07) is 9.63. The van der Waals surface area contributed by atoms with Crippen molar-refractivity contribution in [1.82, 2.24) is 14.9 Å². The number of H-pyrrole nitrogens is 1. The van der Waals surface area contributed by atoms with Gasteiger partial charge < -0.3 is 5.84 Å². The highest BCUT2D eigenvalue weighted by Crippen LogP contribution is 2.13. The van der Waals surface area contributed by atoms with Crippen LogP contribution in [0.25, 0.3) is 11.4 Å². The number of rotatable bonds is 1. The van der Waals surface area contributed by atoms with E-state index in [0.717, 1.165) is 5.56 Å². The van der Waals surface area contributed by atoms with Crippen molar-refractivity contribution in [3.63, 3.8) is 0 Å². The minimum absolute atomic E-state index is 0. The Labute approximate surface area is 92.1 Å². The zero-order chi connectivity index (χ0) is 9.26. The molecule has 1 aromatic heterocycles. The third-order valence-electron chi connectivity index (χ3n) is 1.74. The molecule has 0 saturated carbocycles. The van der Waals surface area contributed by atoms with Crippen LogP contribution in [0.5, 0.6) is 0 Å². The first-order valence-electron chi connectivity index (χ1n) is 3.77. The van der Waals surface area contributed by atoms with Gasteiger partial charge in [-0.1, -0.05) is 30.3 Å². The van der Waals surface area contributed by atoms with Gasteiger partial charge in [0.05, 0.1) is 0 Å². The van der Waals surface area contributed by atoms with Crippen molar-refractivity contribution in [3.8, 4) is 11.4 Å². The molecule has 0 aliphatic rings. The van der Waals surface area contributed by atoms with Gasteiger partial charge in [0, 0.05) is 5.56 Å². The van der Waals surface area contributed by atoms with Crippen molar-refractivity contribution in [2.24, 2.45) is 0 Å². The van der Waals surface area contributed by atoms with Gasteiger partial charge in [0.25, 0.3) is 0 Å². The second-order valence-electron chi connectivity index (χ2n) is 2.59. The van der Waals surface area contributed by atoms with E-state index in [1.807, 2.05) is 30.3 Å². The molecule has 1 heterocycles. The monoisotopic (exact) mass is 228 g/mol. The van der Waals surface area contributed by atoms with Crippen LogP contribution in [0.4, 0.5) is 0 Å². The Balaban J connectivity index is 0.000000980. The summed E-state index contributed by atoms with van der Waals surface area (Å²) in [7, 11) is 0. The molecular weight excluding hydrogens is 220 g/mol. The standard InChI is InChI=1S/C8H8N4S.ClH/c9-12-7(10-11-8(12)13)6-4-2-1-3-5-6;/h1-5H,9H2,(H,11,13);1H. The van der Waals surface area contributed by atoms with Crippen molar-refractivity contribution in [2.45, 2.75) is 0 Å². The fourth-order valence-corrected chi connectivity index (χ4v) is 1.23. The minimum atomic E-state index is 0. The maximum absolute atomic E-state index is 5.65. The van der Waals surface area contributed by atoms with Crippen molar-refractivity contribution in [1.29, 1.82) is 0 Å². The predicted molar refractivity (Wildman–Crippen MR) is 60.2 cm³/mol. The van der Waals surface area contributed by atoms with Crippen LogP contribution in [0, 0.1) is 4.77 Å². The van der Waals surface area contributed by atoms with E-state index in [0.29, 0.717) is 10.6 Å². The average Bonchev–Trinajstić information content (AvgIpc) is 2.49. The number of hydrogen-bond donors (Lipinski definition) is 2. The third kappa shape index (κ3) is 1.78. The molecule has 0 fully saturated rings. The lowest BCUT2D eigenvalue weighted by molar-refractivity contribution is 0.984. The Morgan fingerprint density at radius 2 is 1.93 bits per heavy atom. The maximum atomic E-state index is 5.65. The van der Waals surface area contributed by atoms with Crippen LogP contribution in [0.15, 0.2) is 30.3 Å². The summed E-state index contributed by atoms with van der Waals surface area (Å²) in [5, 5.41) is 6.63. The van der Waals surface area contributed by atoms with E-state index in [4.69, 9.17) is 18.1 Å². The fraction of sp³-hybridized carbons (Fsp3) is 0. The van der Waals surface area contributed by atoms with E-state index in [-0.39, 0.29) is 12.4 Å². The van der Waals surface area contributed by atoms with Crippen LogP contribution in [0.3, 0.4) is 0 Å². The number of halogens is 1. The van der Waals surface area contributed by atoms with Gasteiger partial charge in [-0.15, -0.1) is 12.4 Å². The van der Waals surface area contributed by atoms with E-state index >= 15 is 0 Å². The first kappa shape index (κ1) is 10.7. The summed E-state index contributed by atoms with van der Waals surface area (Å²) in [5.74, 6) is 6.30. The van der Waals surface area contributed by atoms with Gasteiger partial charge in [0.1, 0.15) is 0 Å². The van der Waals surface area contributed by atoms with Gasteiger partial charge >= 0.3 is 0 Å². The van der Waals surface area contributed by atoms with Gasteiger partial charge in [-0.25, -0.2) is 9.77 Å². The molecule has 0 saturated heterocycles. The van der Waals surface area contributed by atoms with Crippen LogP contribution in [0.1, 0.15) is 0 Å². The highest BCUT2D eigenvalue weighted by Gasteiger charge is 2.03. The summed E-state index contributed by atoms with van der Waals surface area (Å²) >= 11 is 4.89. The topological polar surface area (TPSA) is 59.6 Å².